The van der Waals surface area contributed by atoms with Gasteiger partial charge in [0.2, 0.25) is 0 Å². The summed E-state index contributed by atoms with van der Waals surface area (Å²) in [5, 5.41) is 0. The summed E-state index contributed by atoms with van der Waals surface area (Å²) in [5.74, 6) is -0.309. The lowest BCUT2D eigenvalue weighted by Crippen LogP contribution is -2.15. The summed E-state index contributed by atoms with van der Waals surface area (Å²) < 4.78 is 65.1. The molecule has 0 bridgehead atoms. The fraction of sp³-hybridized carbons (Fsp3) is 0.975. The zero-order valence-electron chi connectivity index (χ0n) is 34.0. The number of hydrogen-bond acceptors (Lipinski definition) is 13. The Morgan fingerprint density at radius 3 is 0.679 bits per heavy atom. The van der Waals surface area contributed by atoms with E-state index >= 15 is 0 Å². The predicted octanol–water partition coefficient (Wildman–Crippen LogP) is 6.21. The monoisotopic (exact) mass is 769 g/mol. The van der Waals surface area contributed by atoms with Gasteiger partial charge in [-0.15, -0.1) is 0 Å². The van der Waals surface area contributed by atoms with Crippen LogP contribution < -0.4 is 0 Å². The van der Waals surface area contributed by atoms with Crippen molar-refractivity contribution in [3.8, 4) is 0 Å². The molecule has 0 aromatic carbocycles. The largest absolute Gasteiger partial charge is 0.463 e. The van der Waals surface area contributed by atoms with Crippen molar-refractivity contribution in [3.05, 3.63) is 0 Å². The van der Waals surface area contributed by atoms with E-state index in [1.807, 2.05) is 0 Å². The molecule has 13 heteroatoms. The molecule has 0 unspecified atom stereocenters. The maximum Gasteiger partial charge on any atom is 0.302 e. The predicted molar refractivity (Wildman–Crippen MR) is 206 cm³/mol. The standard InChI is InChI=1S/C40H80O13/c1-3-4-5-6-7-8-9-10-11-12-13-14-15-16-17-42-18-19-43-20-21-44-22-23-45-24-25-46-26-27-47-28-29-48-30-31-49-32-33-50-34-35-51-36-37-52-38-39-53-40(2)41/h3-39H2,1-2H3. The molecule has 0 aliphatic rings. The third-order valence-corrected chi connectivity index (χ3v) is 7.90. The highest BCUT2D eigenvalue weighted by Gasteiger charge is 1.98. The molecule has 0 spiro atoms. The van der Waals surface area contributed by atoms with E-state index in [-0.39, 0.29) is 12.6 Å². The van der Waals surface area contributed by atoms with Crippen molar-refractivity contribution >= 4 is 5.97 Å². The summed E-state index contributed by atoms with van der Waals surface area (Å²) >= 11 is 0. The molecule has 0 radical (unpaired) electrons. The Kier molecular flexibility index (Phi) is 48.2. The lowest BCUT2D eigenvalue weighted by Gasteiger charge is -2.09. The topological polar surface area (TPSA) is 128 Å². The number of carbonyl (C=O) groups is 1. The molecular weight excluding hydrogens is 688 g/mol. The molecule has 13 nitrogen and oxygen atoms in total. The van der Waals surface area contributed by atoms with Crippen molar-refractivity contribution in [2.45, 2.75) is 104 Å². The third kappa shape index (κ3) is 51.0. The van der Waals surface area contributed by atoms with Gasteiger partial charge in [-0.3, -0.25) is 4.79 Å². The number of rotatable bonds is 48. The van der Waals surface area contributed by atoms with Crippen LogP contribution in [0.4, 0.5) is 0 Å². The second-order valence-corrected chi connectivity index (χ2v) is 12.7. The van der Waals surface area contributed by atoms with Gasteiger partial charge in [0.05, 0.1) is 139 Å². The van der Waals surface area contributed by atoms with Crippen LogP contribution >= 0.6 is 0 Å². The maximum atomic E-state index is 10.6. The Morgan fingerprint density at radius 2 is 0.453 bits per heavy atom. The van der Waals surface area contributed by atoms with E-state index < -0.39 is 0 Å². The second-order valence-electron chi connectivity index (χ2n) is 12.7. The van der Waals surface area contributed by atoms with Gasteiger partial charge in [0, 0.05) is 13.5 Å². The Bertz CT molecular complexity index is 675. The number of unbranched alkanes of at least 4 members (excludes halogenated alkanes) is 13. The highest BCUT2D eigenvalue weighted by Crippen LogP contribution is 2.13. The molecule has 0 aromatic heterocycles. The SMILES string of the molecule is CCCCCCCCCCCCCCCCOCCOCCOCCOCCOCCOCCOCCOCCOCCOCCOCCOC(C)=O. The second kappa shape index (κ2) is 49.0. The van der Waals surface area contributed by atoms with Crippen LogP contribution in [-0.4, -0.2) is 158 Å². The zero-order valence-corrected chi connectivity index (χ0v) is 34.0. The first kappa shape index (κ1) is 52.0. The lowest BCUT2D eigenvalue weighted by molar-refractivity contribution is -0.142. The van der Waals surface area contributed by atoms with Gasteiger partial charge in [0.15, 0.2) is 0 Å². The van der Waals surface area contributed by atoms with Gasteiger partial charge >= 0.3 is 5.97 Å². The number of ether oxygens (including phenoxy) is 12. The van der Waals surface area contributed by atoms with E-state index in [4.69, 9.17) is 56.8 Å². The average molecular weight is 769 g/mol. The molecule has 0 saturated heterocycles. The molecule has 53 heavy (non-hydrogen) atoms. The highest BCUT2D eigenvalue weighted by atomic mass is 16.6. The first-order valence-electron chi connectivity index (χ1n) is 20.8. The zero-order chi connectivity index (χ0) is 38.2. The van der Waals surface area contributed by atoms with E-state index in [1.165, 1.54) is 90.4 Å². The molecule has 0 atom stereocenters. The fourth-order valence-corrected chi connectivity index (χ4v) is 4.94. The van der Waals surface area contributed by atoms with Gasteiger partial charge in [0.25, 0.3) is 0 Å². The van der Waals surface area contributed by atoms with Gasteiger partial charge in [-0.25, -0.2) is 0 Å². The Labute approximate surface area is 322 Å². The number of esters is 1. The Morgan fingerprint density at radius 1 is 0.264 bits per heavy atom. The van der Waals surface area contributed by atoms with Crippen molar-refractivity contribution in [2.75, 3.05) is 152 Å². The Hall–Kier alpha value is -0.970. The van der Waals surface area contributed by atoms with Crippen LogP contribution in [0.5, 0.6) is 0 Å². The van der Waals surface area contributed by atoms with Crippen LogP contribution in [0.3, 0.4) is 0 Å². The van der Waals surface area contributed by atoms with Gasteiger partial charge < -0.3 is 56.8 Å². The average Bonchev–Trinajstić information content (AvgIpc) is 3.15. The fourth-order valence-electron chi connectivity index (χ4n) is 4.94. The normalized spacial score (nSPS) is 11.5. The first-order valence-corrected chi connectivity index (χ1v) is 20.8. The van der Waals surface area contributed by atoms with Crippen molar-refractivity contribution < 1.29 is 61.6 Å². The number of carbonyl (C=O) groups excluding carboxylic acids is 1. The molecule has 0 aliphatic carbocycles. The molecule has 0 aliphatic heterocycles. The molecule has 0 N–H and O–H groups in total. The van der Waals surface area contributed by atoms with Crippen molar-refractivity contribution in [1.82, 2.24) is 0 Å². The summed E-state index contributed by atoms with van der Waals surface area (Å²) in [5.41, 5.74) is 0. The molecule has 0 heterocycles. The molecule has 0 saturated carbocycles. The van der Waals surface area contributed by atoms with Crippen LogP contribution in [0, 0.1) is 0 Å². The summed E-state index contributed by atoms with van der Waals surface area (Å²) in [6, 6.07) is 0. The van der Waals surface area contributed by atoms with Crippen molar-refractivity contribution in [3.63, 3.8) is 0 Å². The smallest absolute Gasteiger partial charge is 0.302 e. The minimum Gasteiger partial charge on any atom is -0.463 e. The van der Waals surface area contributed by atoms with Crippen LogP contribution in [0.2, 0.25) is 0 Å². The summed E-state index contributed by atoms with van der Waals surface area (Å²) in [7, 11) is 0. The summed E-state index contributed by atoms with van der Waals surface area (Å²) in [6.07, 6.45) is 19.2. The van der Waals surface area contributed by atoms with Crippen molar-refractivity contribution in [1.29, 1.82) is 0 Å². The van der Waals surface area contributed by atoms with Crippen LogP contribution in [0.25, 0.3) is 0 Å². The van der Waals surface area contributed by atoms with Gasteiger partial charge in [-0.05, 0) is 6.42 Å². The Balaban J connectivity index is 3.05. The molecule has 0 aromatic rings. The van der Waals surface area contributed by atoms with Crippen molar-refractivity contribution in [2.24, 2.45) is 0 Å². The van der Waals surface area contributed by atoms with E-state index in [1.54, 1.807) is 0 Å². The number of hydrogen-bond donors (Lipinski definition) is 0. The maximum absolute atomic E-state index is 10.6. The molecular formula is C40H80O13. The summed E-state index contributed by atoms with van der Waals surface area (Å²) in [6.45, 7) is 15.5. The quantitative estimate of drug-likeness (QED) is 0.0515. The van der Waals surface area contributed by atoms with Gasteiger partial charge in [-0.1, -0.05) is 90.4 Å². The van der Waals surface area contributed by atoms with Crippen LogP contribution in [-0.2, 0) is 61.6 Å². The minimum absolute atomic E-state index is 0.260. The van der Waals surface area contributed by atoms with E-state index in [0.29, 0.717) is 139 Å². The van der Waals surface area contributed by atoms with E-state index in [9.17, 15) is 4.79 Å². The first-order chi connectivity index (χ1) is 26.3. The van der Waals surface area contributed by atoms with Crippen LogP contribution in [0.1, 0.15) is 104 Å². The lowest BCUT2D eigenvalue weighted by atomic mass is 10.0. The highest BCUT2D eigenvalue weighted by molar-refractivity contribution is 5.65. The molecule has 0 amide bonds. The third-order valence-electron chi connectivity index (χ3n) is 7.90. The molecule has 0 fully saturated rings. The molecule has 318 valence electrons. The van der Waals surface area contributed by atoms with Gasteiger partial charge in [0.1, 0.15) is 6.61 Å². The van der Waals surface area contributed by atoms with E-state index in [2.05, 4.69) is 6.92 Å². The van der Waals surface area contributed by atoms with E-state index in [0.717, 1.165) is 13.0 Å². The van der Waals surface area contributed by atoms with Crippen LogP contribution in [0.15, 0.2) is 0 Å². The van der Waals surface area contributed by atoms with Gasteiger partial charge in [-0.2, -0.15) is 0 Å². The minimum atomic E-state index is -0.309. The molecule has 0 rings (SSSR count). The summed E-state index contributed by atoms with van der Waals surface area (Å²) in [4.78, 5) is 10.6.